The van der Waals surface area contributed by atoms with Gasteiger partial charge in [0.15, 0.2) is 0 Å². The summed E-state index contributed by atoms with van der Waals surface area (Å²) in [6.07, 6.45) is 0.754. The van der Waals surface area contributed by atoms with Gasteiger partial charge in [-0.15, -0.1) is 4.40 Å². The number of amidine groups is 1. The molecule has 1 fully saturated rings. The number of urea groups is 1. The summed E-state index contributed by atoms with van der Waals surface area (Å²) in [5.74, 6) is 0.499. The number of hydrogen-bond acceptors (Lipinski definition) is 4. The SMILES string of the molecule is CC1=C(c2ccc(C)cc2)S(=O)(=O)N=C1N1CCCN(C(=O)NC(C)(C)C)CC1. The molecule has 0 aliphatic carbocycles. The molecule has 0 spiro atoms. The fraction of sp³-hybridized carbons (Fsp3) is 0.524. The molecular weight excluding hydrogens is 388 g/mol. The van der Waals surface area contributed by atoms with Crippen LogP contribution in [0.1, 0.15) is 45.2 Å². The van der Waals surface area contributed by atoms with Crippen LogP contribution in [0.25, 0.3) is 4.91 Å². The second kappa shape index (κ2) is 7.82. The van der Waals surface area contributed by atoms with Crippen LogP contribution in [0, 0.1) is 6.92 Å². The van der Waals surface area contributed by atoms with E-state index in [0.717, 1.165) is 12.0 Å². The molecule has 0 radical (unpaired) electrons. The number of benzene rings is 1. The highest BCUT2D eigenvalue weighted by atomic mass is 32.2. The Labute approximate surface area is 173 Å². The highest BCUT2D eigenvalue weighted by Gasteiger charge is 2.34. The molecule has 2 amide bonds. The molecule has 1 aromatic carbocycles. The Kier molecular flexibility index (Phi) is 5.76. The smallest absolute Gasteiger partial charge is 0.317 e. The predicted octanol–water partition coefficient (Wildman–Crippen LogP) is 2.98. The van der Waals surface area contributed by atoms with Crippen LogP contribution in [0.3, 0.4) is 0 Å². The molecule has 29 heavy (non-hydrogen) atoms. The van der Waals surface area contributed by atoms with E-state index in [0.29, 0.717) is 43.2 Å². The van der Waals surface area contributed by atoms with Gasteiger partial charge in [-0.05, 0) is 46.6 Å². The van der Waals surface area contributed by atoms with Crippen LogP contribution in [0.5, 0.6) is 0 Å². The number of nitrogens with one attached hydrogen (secondary N) is 1. The third-order valence-electron chi connectivity index (χ3n) is 5.02. The molecule has 2 aliphatic rings. The van der Waals surface area contributed by atoms with E-state index >= 15 is 0 Å². The number of rotatable bonds is 1. The van der Waals surface area contributed by atoms with Gasteiger partial charge < -0.3 is 15.1 Å². The van der Waals surface area contributed by atoms with Crippen molar-refractivity contribution in [2.45, 2.75) is 46.6 Å². The number of hydrogen-bond donors (Lipinski definition) is 1. The van der Waals surface area contributed by atoms with Crippen molar-refractivity contribution in [1.82, 2.24) is 15.1 Å². The van der Waals surface area contributed by atoms with Crippen molar-refractivity contribution in [3.63, 3.8) is 0 Å². The Hall–Kier alpha value is -2.35. The molecule has 0 aromatic heterocycles. The van der Waals surface area contributed by atoms with Crippen molar-refractivity contribution in [1.29, 1.82) is 0 Å². The van der Waals surface area contributed by atoms with Crippen molar-refractivity contribution in [3.05, 3.63) is 41.0 Å². The van der Waals surface area contributed by atoms with Gasteiger partial charge in [0, 0.05) is 37.3 Å². The van der Waals surface area contributed by atoms with Gasteiger partial charge in [-0.2, -0.15) is 8.42 Å². The first-order valence-corrected chi connectivity index (χ1v) is 11.4. The molecule has 0 atom stereocenters. The Morgan fingerprint density at radius 2 is 1.69 bits per heavy atom. The minimum atomic E-state index is -3.73. The first-order chi connectivity index (χ1) is 13.5. The summed E-state index contributed by atoms with van der Waals surface area (Å²) in [5, 5.41) is 2.99. The summed E-state index contributed by atoms with van der Waals surface area (Å²) in [6, 6.07) is 7.37. The maximum atomic E-state index is 12.8. The van der Waals surface area contributed by atoms with Gasteiger partial charge in [0.25, 0.3) is 10.0 Å². The van der Waals surface area contributed by atoms with E-state index in [2.05, 4.69) is 9.71 Å². The molecule has 3 rings (SSSR count). The van der Waals surface area contributed by atoms with Crippen LogP contribution in [0.15, 0.2) is 34.2 Å². The topological polar surface area (TPSA) is 82.1 Å². The molecule has 2 aliphatic heterocycles. The first-order valence-electron chi connectivity index (χ1n) is 9.93. The number of sulfonamides is 1. The fourth-order valence-corrected chi connectivity index (χ4v) is 5.10. The highest BCUT2D eigenvalue weighted by Crippen LogP contribution is 2.33. The van der Waals surface area contributed by atoms with Gasteiger partial charge in [0.2, 0.25) is 0 Å². The molecule has 2 heterocycles. The van der Waals surface area contributed by atoms with Crippen LogP contribution in [-0.2, 0) is 10.0 Å². The summed E-state index contributed by atoms with van der Waals surface area (Å²) in [7, 11) is -3.73. The zero-order valence-electron chi connectivity index (χ0n) is 17.8. The fourth-order valence-electron chi connectivity index (χ4n) is 3.62. The average Bonchev–Trinajstić information content (AvgIpc) is 2.78. The number of nitrogens with zero attached hydrogens (tertiary/aromatic N) is 3. The molecular formula is C21H30N4O3S. The van der Waals surface area contributed by atoms with Crippen LogP contribution in [-0.4, -0.2) is 61.8 Å². The second-order valence-corrected chi connectivity index (χ2v) is 10.3. The van der Waals surface area contributed by atoms with E-state index in [1.165, 1.54) is 0 Å². The van der Waals surface area contributed by atoms with E-state index in [1.54, 1.807) is 4.90 Å². The Balaban J connectivity index is 1.80. The number of aryl methyl sites for hydroxylation is 1. The van der Waals surface area contributed by atoms with Crippen molar-refractivity contribution < 1.29 is 13.2 Å². The minimum Gasteiger partial charge on any atom is -0.354 e. The maximum absolute atomic E-state index is 12.8. The van der Waals surface area contributed by atoms with Crippen molar-refractivity contribution in [3.8, 4) is 0 Å². The average molecular weight is 419 g/mol. The van der Waals surface area contributed by atoms with Gasteiger partial charge in [0.1, 0.15) is 10.7 Å². The van der Waals surface area contributed by atoms with E-state index in [-0.39, 0.29) is 16.5 Å². The summed E-state index contributed by atoms with van der Waals surface area (Å²) in [6.45, 7) is 12.0. The largest absolute Gasteiger partial charge is 0.354 e. The molecule has 8 heteroatoms. The lowest BCUT2D eigenvalue weighted by molar-refractivity contribution is 0.191. The molecule has 0 bridgehead atoms. The van der Waals surface area contributed by atoms with E-state index in [1.807, 2.05) is 63.8 Å². The van der Waals surface area contributed by atoms with Crippen LogP contribution < -0.4 is 5.32 Å². The summed E-state index contributed by atoms with van der Waals surface area (Å²) >= 11 is 0. The number of carbonyl (C=O) groups is 1. The van der Waals surface area contributed by atoms with Gasteiger partial charge in [0.05, 0.1) is 0 Å². The molecule has 158 valence electrons. The van der Waals surface area contributed by atoms with Crippen molar-refractivity contribution in [2.75, 3.05) is 26.2 Å². The molecule has 1 N–H and O–H groups in total. The lowest BCUT2D eigenvalue weighted by Crippen LogP contribution is -2.49. The lowest BCUT2D eigenvalue weighted by atomic mass is 10.1. The number of amides is 2. The van der Waals surface area contributed by atoms with E-state index in [4.69, 9.17) is 0 Å². The number of carbonyl (C=O) groups excluding carboxylic acids is 1. The van der Waals surface area contributed by atoms with Crippen LogP contribution in [0.2, 0.25) is 0 Å². The highest BCUT2D eigenvalue weighted by molar-refractivity contribution is 8.00. The zero-order valence-corrected chi connectivity index (χ0v) is 18.6. The summed E-state index contributed by atoms with van der Waals surface area (Å²) in [4.78, 5) is 16.5. The molecule has 7 nitrogen and oxygen atoms in total. The monoisotopic (exact) mass is 418 g/mol. The summed E-state index contributed by atoms with van der Waals surface area (Å²) < 4.78 is 29.7. The van der Waals surface area contributed by atoms with Crippen LogP contribution in [0.4, 0.5) is 4.79 Å². The standard InChI is InChI=1S/C21H30N4O3S/c1-15-7-9-17(10-8-15)18-16(2)19(23-29(18,27)28)24-11-6-12-25(14-13-24)20(26)22-21(3,4)5/h7-10H,6,11-14H2,1-5H3,(H,22,26). The Morgan fingerprint density at radius 3 is 2.31 bits per heavy atom. The minimum absolute atomic E-state index is 0.0899. The maximum Gasteiger partial charge on any atom is 0.317 e. The van der Waals surface area contributed by atoms with E-state index in [9.17, 15) is 13.2 Å². The predicted molar refractivity (Wildman–Crippen MR) is 116 cm³/mol. The van der Waals surface area contributed by atoms with Gasteiger partial charge in [-0.25, -0.2) is 4.79 Å². The lowest BCUT2D eigenvalue weighted by Gasteiger charge is -2.28. The molecule has 1 saturated heterocycles. The van der Waals surface area contributed by atoms with Gasteiger partial charge >= 0.3 is 6.03 Å². The van der Waals surface area contributed by atoms with Crippen molar-refractivity contribution in [2.24, 2.45) is 4.40 Å². The Bertz CT molecular complexity index is 957. The van der Waals surface area contributed by atoms with Gasteiger partial charge in [-0.3, -0.25) is 0 Å². The summed E-state index contributed by atoms with van der Waals surface area (Å²) in [5.41, 5.74) is 2.11. The third-order valence-corrected chi connectivity index (χ3v) is 6.49. The second-order valence-electron chi connectivity index (χ2n) is 8.72. The van der Waals surface area contributed by atoms with E-state index < -0.39 is 10.0 Å². The molecule has 0 saturated carbocycles. The third kappa shape index (κ3) is 4.80. The van der Waals surface area contributed by atoms with Crippen molar-refractivity contribution >= 4 is 26.8 Å². The normalized spacial score (nSPS) is 19.8. The Morgan fingerprint density at radius 1 is 1.03 bits per heavy atom. The van der Waals surface area contributed by atoms with Crippen LogP contribution >= 0.6 is 0 Å². The quantitative estimate of drug-likeness (QED) is 0.760. The molecule has 0 unspecified atom stereocenters. The zero-order chi connectivity index (χ0) is 21.4. The first kappa shape index (κ1) is 21.4. The van der Waals surface area contributed by atoms with Gasteiger partial charge in [-0.1, -0.05) is 29.8 Å². The molecule has 1 aromatic rings.